The summed E-state index contributed by atoms with van der Waals surface area (Å²) in [6, 6.07) is 7.70. The van der Waals surface area contributed by atoms with Crippen molar-refractivity contribution in [3.05, 3.63) is 30.0 Å². The highest BCUT2D eigenvalue weighted by molar-refractivity contribution is 7.99. The molecule has 0 fully saturated rings. The molecule has 0 spiro atoms. The summed E-state index contributed by atoms with van der Waals surface area (Å²) in [6.45, 7) is 0. The van der Waals surface area contributed by atoms with Gasteiger partial charge < -0.3 is 9.52 Å². The van der Waals surface area contributed by atoms with Crippen LogP contribution in [0.1, 0.15) is 0 Å². The Kier molecular flexibility index (Phi) is 1.58. The number of nitrogens with zero attached hydrogens (tertiary/aromatic N) is 1. The molecule has 0 amide bonds. The van der Waals surface area contributed by atoms with Crippen molar-refractivity contribution in [2.24, 2.45) is 0 Å². The molecule has 1 aliphatic rings. The third kappa shape index (κ3) is 1.04. The minimum absolute atomic E-state index is 0.124. The van der Waals surface area contributed by atoms with Gasteiger partial charge in [-0.05, 0) is 17.8 Å². The molecule has 0 saturated heterocycles. The summed E-state index contributed by atoms with van der Waals surface area (Å²) >= 11 is 1.44. The number of aromatic nitrogens is 1. The molecule has 70 valence electrons. The number of hydrogen-bond acceptors (Lipinski definition) is 3. The van der Waals surface area contributed by atoms with Crippen LogP contribution in [0.4, 0.5) is 0 Å². The molecule has 3 nitrogen and oxygen atoms in total. The smallest absolute Gasteiger partial charge is 0.418 e. The summed E-state index contributed by atoms with van der Waals surface area (Å²) in [5.41, 5.74) is 1.77. The molecule has 1 aromatic heterocycles. The van der Waals surface area contributed by atoms with Gasteiger partial charge in [-0.15, -0.1) is 4.57 Å². The molecule has 2 heterocycles. The maximum absolute atomic E-state index is 11.2. The van der Waals surface area contributed by atoms with Crippen LogP contribution in [0.2, 0.25) is 0 Å². The maximum Gasteiger partial charge on any atom is 0.418 e. The topological polar surface area (TPSA) is 40.1 Å². The van der Waals surface area contributed by atoms with E-state index < -0.39 is 0 Å². The standard InChI is InChI=1S/C10H7NO2S/c12-7-5-11-8-3-1-2-4-9(8)13-10(11)14-6-7/h1-5H,6H2. The van der Waals surface area contributed by atoms with E-state index in [9.17, 15) is 5.11 Å². The minimum atomic E-state index is 0.124. The first-order chi connectivity index (χ1) is 6.84. The average Bonchev–Trinajstić information content (AvgIpc) is 2.56. The minimum Gasteiger partial charge on any atom is -0.871 e. The SMILES string of the molecule is [O-]C1=C[n+]2c(oc3ccccc32)SC1. The van der Waals surface area contributed by atoms with Gasteiger partial charge in [0.15, 0.2) is 6.20 Å². The van der Waals surface area contributed by atoms with Crippen molar-refractivity contribution in [2.45, 2.75) is 5.22 Å². The van der Waals surface area contributed by atoms with Gasteiger partial charge in [0.2, 0.25) is 5.58 Å². The van der Waals surface area contributed by atoms with Crippen LogP contribution in [0.5, 0.6) is 0 Å². The highest BCUT2D eigenvalue weighted by Gasteiger charge is 2.23. The number of oxazole rings is 1. The predicted octanol–water partition coefficient (Wildman–Crippen LogP) is 0.985. The highest BCUT2D eigenvalue weighted by atomic mass is 32.2. The van der Waals surface area contributed by atoms with Gasteiger partial charge >= 0.3 is 5.22 Å². The molecule has 0 aliphatic carbocycles. The van der Waals surface area contributed by atoms with Crippen LogP contribution < -0.4 is 9.67 Å². The van der Waals surface area contributed by atoms with E-state index in [0.717, 1.165) is 16.3 Å². The number of para-hydroxylation sites is 2. The van der Waals surface area contributed by atoms with E-state index in [0.29, 0.717) is 5.75 Å². The lowest BCUT2D eigenvalue weighted by atomic mass is 10.3. The fourth-order valence-corrected chi connectivity index (χ4v) is 2.30. The van der Waals surface area contributed by atoms with Crippen molar-refractivity contribution < 1.29 is 14.1 Å². The Balaban J connectivity index is 2.37. The molecule has 3 rings (SSSR count). The summed E-state index contributed by atoms with van der Waals surface area (Å²) < 4.78 is 7.39. The van der Waals surface area contributed by atoms with E-state index in [1.165, 1.54) is 11.8 Å². The van der Waals surface area contributed by atoms with Crippen molar-refractivity contribution in [1.29, 1.82) is 0 Å². The van der Waals surface area contributed by atoms with Gasteiger partial charge in [-0.2, -0.15) is 0 Å². The van der Waals surface area contributed by atoms with E-state index >= 15 is 0 Å². The molecule has 0 atom stereocenters. The molecule has 14 heavy (non-hydrogen) atoms. The molecule has 1 aromatic carbocycles. The molecule has 4 heteroatoms. The van der Waals surface area contributed by atoms with E-state index in [-0.39, 0.29) is 5.76 Å². The number of benzene rings is 1. The quantitative estimate of drug-likeness (QED) is 0.602. The molecule has 2 aromatic rings. The van der Waals surface area contributed by atoms with Gasteiger partial charge in [0.05, 0.1) is 0 Å². The zero-order chi connectivity index (χ0) is 9.54. The Hall–Kier alpha value is -1.42. The van der Waals surface area contributed by atoms with Crippen molar-refractivity contribution in [1.82, 2.24) is 0 Å². The molecule has 0 N–H and O–H groups in total. The summed E-state index contributed by atoms with van der Waals surface area (Å²) in [5, 5.41) is 12.0. The number of hydrogen-bond donors (Lipinski definition) is 0. The number of thioether (sulfide) groups is 1. The highest BCUT2D eigenvalue weighted by Crippen LogP contribution is 2.25. The second-order valence-electron chi connectivity index (χ2n) is 3.09. The molecular formula is C10H7NO2S. The third-order valence-electron chi connectivity index (χ3n) is 2.13. The zero-order valence-electron chi connectivity index (χ0n) is 7.27. The summed E-state index contributed by atoms with van der Waals surface area (Å²) in [4.78, 5) is 0. The molecule has 0 radical (unpaired) electrons. The molecular weight excluding hydrogens is 198 g/mol. The Morgan fingerprint density at radius 3 is 3.14 bits per heavy atom. The van der Waals surface area contributed by atoms with Crippen LogP contribution in [-0.4, -0.2) is 5.75 Å². The summed E-state index contributed by atoms with van der Waals surface area (Å²) in [6.07, 6.45) is 1.59. The first-order valence-corrected chi connectivity index (χ1v) is 5.27. The van der Waals surface area contributed by atoms with Gasteiger partial charge in [0.1, 0.15) is 0 Å². The van der Waals surface area contributed by atoms with E-state index in [4.69, 9.17) is 4.42 Å². The summed E-state index contributed by atoms with van der Waals surface area (Å²) in [7, 11) is 0. The average molecular weight is 205 g/mol. The fraction of sp³-hybridized carbons (Fsp3) is 0.100. The normalized spacial score (nSPS) is 15.3. The lowest BCUT2D eigenvalue weighted by Gasteiger charge is -2.08. The Morgan fingerprint density at radius 2 is 2.21 bits per heavy atom. The largest absolute Gasteiger partial charge is 0.871 e. The maximum atomic E-state index is 11.2. The van der Waals surface area contributed by atoms with Crippen LogP contribution in [0, 0.1) is 0 Å². The molecule has 0 unspecified atom stereocenters. The van der Waals surface area contributed by atoms with E-state index in [1.54, 1.807) is 6.20 Å². The van der Waals surface area contributed by atoms with Crippen molar-refractivity contribution in [3.63, 3.8) is 0 Å². The van der Waals surface area contributed by atoms with Crippen molar-refractivity contribution in [3.8, 4) is 0 Å². The summed E-state index contributed by atoms with van der Waals surface area (Å²) in [5.74, 6) is 0.596. The van der Waals surface area contributed by atoms with Gasteiger partial charge in [-0.25, -0.2) is 0 Å². The fourth-order valence-electron chi connectivity index (χ4n) is 1.52. The lowest BCUT2D eigenvalue weighted by Crippen LogP contribution is -2.32. The second kappa shape index (κ2) is 2.78. The molecule has 0 saturated carbocycles. The van der Waals surface area contributed by atoms with Crippen LogP contribution in [-0.2, 0) is 0 Å². The Bertz CT molecular complexity index is 530. The Morgan fingerprint density at radius 1 is 1.36 bits per heavy atom. The monoisotopic (exact) mass is 205 g/mol. The van der Waals surface area contributed by atoms with E-state index in [2.05, 4.69) is 0 Å². The molecule has 1 aliphatic heterocycles. The zero-order valence-corrected chi connectivity index (χ0v) is 8.08. The van der Waals surface area contributed by atoms with Gasteiger partial charge in [0.25, 0.3) is 5.52 Å². The van der Waals surface area contributed by atoms with Crippen molar-refractivity contribution in [2.75, 3.05) is 5.75 Å². The van der Waals surface area contributed by atoms with Gasteiger partial charge in [-0.1, -0.05) is 17.9 Å². The first-order valence-electron chi connectivity index (χ1n) is 4.28. The van der Waals surface area contributed by atoms with Crippen LogP contribution in [0.25, 0.3) is 17.3 Å². The number of rotatable bonds is 0. The first kappa shape index (κ1) is 7.94. The van der Waals surface area contributed by atoms with Crippen LogP contribution in [0.15, 0.2) is 39.7 Å². The van der Waals surface area contributed by atoms with Crippen LogP contribution >= 0.6 is 11.8 Å². The Labute approximate surface area is 84.7 Å². The predicted molar refractivity (Wildman–Crippen MR) is 51.4 cm³/mol. The van der Waals surface area contributed by atoms with Crippen LogP contribution in [0.3, 0.4) is 0 Å². The lowest BCUT2D eigenvalue weighted by molar-refractivity contribution is -0.598. The van der Waals surface area contributed by atoms with Crippen molar-refractivity contribution >= 4 is 29.1 Å². The van der Waals surface area contributed by atoms with Gasteiger partial charge in [0, 0.05) is 11.8 Å². The third-order valence-corrected chi connectivity index (χ3v) is 3.09. The van der Waals surface area contributed by atoms with E-state index in [1.807, 2.05) is 28.8 Å². The number of fused-ring (bicyclic) bond motifs is 3. The second-order valence-corrected chi connectivity index (χ2v) is 4.02. The van der Waals surface area contributed by atoms with Gasteiger partial charge in [-0.3, -0.25) is 0 Å². The molecule has 0 bridgehead atoms.